The van der Waals surface area contributed by atoms with Crippen molar-refractivity contribution in [3.8, 4) is 5.75 Å². The van der Waals surface area contributed by atoms with Crippen LogP contribution in [0.15, 0.2) is 71.3 Å². The van der Waals surface area contributed by atoms with Gasteiger partial charge in [-0.05, 0) is 36.4 Å². The summed E-state index contributed by atoms with van der Waals surface area (Å²) in [6.45, 7) is 4.50. The van der Waals surface area contributed by atoms with Crippen molar-refractivity contribution in [3.63, 3.8) is 0 Å². The number of aromatic nitrogens is 1. The summed E-state index contributed by atoms with van der Waals surface area (Å²) in [4.78, 5) is 8.98. The summed E-state index contributed by atoms with van der Waals surface area (Å²) in [6, 6.07) is 19.8. The Morgan fingerprint density at radius 3 is 2.57 bits per heavy atom. The minimum absolute atomic E-state index is 0.266. The Balaban J connectivity index is 1.15. The van der Waals surface area contributed by atoms with Gasteiger partial charge in [0.25, 0.3) is 0 Å². The summed E-state index contributed by atoms with van der Waals surface area (Å²) >= 11 is 0. The number of aliphatic hydroxyl groups is 1. The van der Waals surface area contributed by atoms with Crippen molar-refractivity contribution >= 4 is 27.8 Å². The molecule has 1 saturated heterocycles. The number of fused-ring (bicyclic) bond motifs is 3. The van der Waals surface area contributed by atoms with E-state index >= 15 is 0 Å². The number of hydrogen-bond acceptors (Lipinski definition) is 6. The fourth-order valence-corrected chi connectivity index (χ4v) is 4.04. The zero-order valence-electron chi connectivity index (χ0n) is 16.8. The molecule has 5 rings (SSSR count). The molecule has 0 aliphatic carbocycles. The van der Waals surface area contributed by atoms with Gasteiger partial charge < -0.3 is 19.2 Å². The molecule has 6 nitrogen and oxygen atoms in total. The normalized spacial score (nSPS) is 16.2. The Morgan fingerprint density at radius 2 is 1.73 bits per heavy atom. The zero-order valence-corrected chi connectivity index (χ0v) is 16.8. The number of pyridine rings is 1. The highest BCUT2D eigenvalue weighted by atomic mass is 16.5. The van der Waals surface area contributed by atoms with Crippen LogP contribution in [0.1, 0.15) is 0 Å². The average molecular weight is 403 g/mol. The number of piperazine rings is 1. The zero-order chi connectivity index (χ0) is 20.3. The largest absolute Gasteiger partial charge is 0.491 e. The molecule has 1 N–H and O–H groups in total. The highest BCUT2D eigenvalue weighted by molar-refractivity contribution is 6.05. The van der Waals surface area contributed by atoms with Gasteiger partial charge >= 0.3 is 0 Å². The van der Waals surface area contributed by atoms with Gasteiger partial charge in [0, 0.05) is 49.7 Å². The first-order chi connectivity index (χ1) is 14.8. The summed E-state index contributed by atoms with van der Waals surface area (Å²) in [5.74, 6) is 1.76. The monoisotopic (exact) mass is 403 g/mol. The van der Waals surface area contributed by atoms with E-state index in [0.29, 0.717) is 6.54 Å². The summed E-state index contributed by atoms with van der Waals surface area (Å²) < 4.78 is 11.7. The Hall–Kier alpha value is -3.09. The minimum Gasteiger partial charge on any atom is -0.491 e. The molecule has 4 aromatic rings. The molecule has 1 atom stereocenters. The van der Waals surface area contributed by atoms with E-state index in [1.54, 1.807) is 0 Å². The van der Waals surface area contributed by atoms with Crippen LogP contribution >= 0.6 is 0 Å². The molecule has 1 fully saturated rings. The molecule has 1 aliphatic rings. The maximum atomic E-state index is 10.5. The third kappa shape index (κ3) is 3.97. The molecule has 3 heterocycles. The smallest absolute Gasteiger partial charge is 0.135 e. The lowest BCUT2D eigenvalue weighted by Gasteiger charge is -2.36. The summed E-state index contributed by atoms with van der Waals surface area (Å²) in [7, 11) is 0. The maximum Gasteiger partial charge on any atom is 0.135 e. The molecule has 2 aromatic carbocycles. The van der Waals surface area contributed by atoms with Crippen LogP contribution in [-0.4, -0.2) is 60.4 Å². The van der Waals surface area contributed by atoms with Crippen LogP contribution in [-0.2, 0) is 0 Å². The number of ether oxygens (including phenoxy) is 1. The van der Waals surface area contributed by atoms with Crippen LogP contribution in [0, 0.1) is 0 Å². The van der Waals surface area contributed by atoms with Gasteiger partial charge in [-0.3, -0.25) is 4.90 Å². The van der Waals surface area contributed by atoms with Gasteiger partial charge in [0.15, 0.2) is 0 Å². The van der Waals surface area contributed by atoms with Gasteiger partial charge in [0.05, 0.1) is 0 Å². The van der Waals surface area contributed by atoms with Gasteiger partial charge in [-0.25, -0.2) is 4.98 Å². The van der Waals surface area contributed by atoms with Gasteiger partial charge in [0.2, 0.25) is 0 Å². The van der Waals surface area contributed by atoms with E-state index in [1.165, 1.54) is 0 Å². The Kier molecular flexibility index (Phi) is 5.26. The molecule has 30 heavy (non-hydrogen) atoms. The fraction of sp³-hybridized carbons (Fsp3) is 0.292. The number of anilines is 1. The van der Waals surface area contributed by atoms with Crippen molar-refractivity contribution < 1.29 is 14.3 Å². The van der Waals surface area contributed by atoms with Gasteiger partial charge in [-0.2, -0.15) is 0 Å². The standard InChI is InChI=1S/C24H25N3O3/c28-18(16-26-11-13-27(14-12-26)24-7-3-4-10-25-24)17-29-19-8-9-23-21(15-19)20-5-1-2-6-22(20)30-23/h1-10,15,18,28H,11-14,16-17H2/t18-/m0/s1. The van der Waals surface area contributed by atoms with Crippen LogP contribution in [0.25, 0.3) is 21.9 Å². The van der Waals surface area contributed by atoms with Crippen molar-refractivity contribution in [2.75, 3.05) is 44.2 Å². The van der Waals surface area contributed by atoms with Gasteiger partial charge in [-0.15, -0.1) is 0 Å². The molecule has 0 saturated carbocycles. The molecule has 0 spiro atoms. The molecule has 2 aromatic heterocycles. The SMILES string of the molecule is O[C@H](COc1ccc2oc3ccccc3c2c1)CN1CCN(c2ccccn2)CC1. The minimum atomic E-state index is -0.539. The third-order valence-corrected chi connectivity index (χ3v) is 5.61. The first-order valence-electron chi connectivity index (χ1n) is 10.4. The first-order valence-corrected chi connectivity index (χ1v) is 10.4. The van der Waals surface area contributed by atoms with Crippen LogP contribution in [0.5, 0.6) is 5.75 Å². The number of furan rings is 1. The Morgan fingerprint density at radius 1 is 0.933 bits per heavy atom. The van der Waals surface area contributed by atoms with E-state index in [2.05, 4.69) is 14.8 Å². The first kappa shape index (κ1) is 18.9. The number of benzene rings is 2. The van der Waals surface area contributed by atoms with E-state index in [0.717, 1.165) is 59.7 Å². The molecule has 0 amide bonds. The molecule has 1 aliphatic heterocycles. The molecular formula is C24H25N3O3. The second-order valence-corrected chi connectivity index (χ2v) is 7.70. The highest BCUT2D eigenvalue weighted by Crippen LogP contribution is 2.31. The van der Waals surface area contributed by atoms with Crippen LogP contribution < -0.4 is 9.64 Å². The van der Waals surface area contributed by atoms with Crippen molar-refractivity contribution in [2.24, 2.45) is 0 Å². The van der Waals surface area contributed by atoms with E-state index in [-0.39, 0.29) is 6.61 Å². The predicted octanol–water partition coefficient (Wildman–Crippen LogP) is 3.54. The molecule has 154 valence electrons. The molecule has 0 radical (unpaired) electrons. The topological polar surface area (TPSA) is 62.0 Å². The number of rotatable bonds is 6. The summed E-state index contributed by atoms with van der Waals surface area (Å²) in [5.41, 5.74) is 1.71. The molecular weight excluding hydrogens is 378 g/mol. The number of para-hydroxylation sites is 1. The van der Waals surface area contributed by atoms with E-state index < -0.39 is 6.10 Å². The lowest BCUT2D eigenvalue weighted by molar-refractivity contribution is 0.0663. The van der Waals surface area contributed by atoms with E-state index in [1.807, 2.05) is 66.9 Å². The molecule has 6 heteroatoms. The lowest BCUT2D eigenvalue weighted by Crippen LogP contribution is -2.49. The maximum absolute atomic E-state index is 10.5. The van der Waals surface area contributed by atoms with E-state index in [4.69, 9.17) is 9.15 Å². The number of aliphatic hydroxyl groups excluding tert-OH is 1. The fourth-order valence-electron chi connectivity index (χ4n) is 4.04. The lowest BCUT2D eigenvalue weighted by atomic mass is 10.1. The van der Waals surface area contributed by atoms with Crippen molar-refractivity contribution in [3.05, 3.63) is 66.9 Å². The van der Waals surface area contributed by atoms with E-state index in [9.17, 15) is 5.11 Å². The summed E-state index contributed by atoms with van der Waals surface area (Å²) in [5, 5.41) is 12.6. The average Bonchev–Trinajstić information content (AvgIpc) is 3.17. The van der Waals surface area contributed by atoms with Gasteiger partial charge in [0.1, 0.15) is 35.4 Å². The summed E-state index contributed by atoms with van der Waals surface area (Å²) in [6.07, 6.45) is 1.29. The quantitative estimate of drug-likeness (QED) is 0.531. The number of hydrogen-bond donors (Lipinski definition) is 1. The van der Waals surface area contributed by atoms with Crippen LogP contribution in [0.2, 0.25) is 0 Å². The van der Waals surface area contributed by atoms with Gasteiger partial charge in [-0.1, -0.05) is 24.3 Å². The second kappa shape index (κ2) is 8.34. The Labute approximate surface area is 175 Å². The number of nitrogens with zero attached hydrogens (tertiary/aromatic N) is 3. The highest BCUT2D eigenvalue weighted by Gasteiger charge is 2.20. The molecule has 0 unspecified atom stereocenters. The van der Waals surface area contributed by atoms with Crippen LogP contribution in [0.3, 0.4) is 0 Å². The second-order valence-electron chi connectivity index (χ2n) is 7.70. The molecule has 0 bridgehead atoms. The van der Waals surface area contributed by atoms with Crippen molar-refractivity contribution in [1.82, 2.24) is 9.88 Å². The van der Waals surface area contributed by atoms with Crippen molar-refractivity contribution in [2.45, 2.75) is 6.10 Å². The predicted molar refractivity (Wildman–Crippen MR) is 118 cm³/mol. The third-order valence-electron chi connectivity index (χ3n) is 5.61. The number of β-amino-alcohol motifs (C(OH)–C–C–N with tert-alkyl or cyclic N) is 1. The van der Waals surface area contributed by atoms with Crippen molar-refractivity contribution in [1.29, 1.82) is 0 Å². The Bertz CT molecular complexity index is 1120. The van der Waals surface area contributed by atoms with Crippen LogP contribution in [0.4, 0.5) is 5.82 Å².